The number of carbonyl (C=O) groups excluding carboxylic acids is 1. The minimum Gasteiger partial charge on any atom is -0.320 e. The third kappa shape index (κ3) is 1.95. The predicted molar refractivity (Wildman–Crippen MR) is 70.1 cm³/mol. The van der Waals surface area contributed by atoms with E-state index in [-0.39, 0.29) is 11.3 Å². The second kappa shape index (κ2) is 4.15. The number of rotatable bonds is 1. The standard InChI is InChI=1S/C14H20N2O/c1-4-16-12-8-6-5-7-10(12)14(2,3)9-11(15)13(16)17/h5-8,11H,4,9,15H2,1-3H3. The molecule has 92 valence electrons. The summed E-state index contributed by atoms with van der Waals surface area (Å²) >= 11 is 0. The van der Waals surface area contributed by atoms with E-state index in [0.717, 1.165) is 5.69 Å². The Hall–Kier alpha value is -1.35. The van der Waals surface area contributed by atoms with Gasteiger partial charge < -0.3 is 10.6 Å². The molecule has 1 aliphatic heterocycles. The number of likely N-dealkylation sites (N-methyl/N-ethyl adjacent to an activating group) is 1. The minimum atomic E-state index is -0.405. The maximum absolute atomic E-state index is 12.2. The van der Waals surface area contributed by atoms with Gasteiger partial charge in [-0.2, -0.15) is 0 Å². The largest absolute Gasteiger partial charge is 0.320 e. The SMILES string of the molecule is CCN1C(=O)C(N)CC(C)(C)c2ccccc21. The Bertz CT molecular complexity index is 440. The van der Waals surface area contributed by atoms with E-state index in [0.29, 0.717) is 13.0 Å². The van der Waals surface area contributed by atoms with Crippen molar-refractivity contribution in [1.82, 2.24) is 0 Å². The fourth-order valence-electron chi connectivity index (χ4n) is 2.67. The molecular formula is C14H20N2O. The predicted octanol–water partition coefficient (Wildman–Crippen LogP) is 2.05. The number of para-hydroxylation sites is 1. The molecule has 17 heavy (non-hydrogen) atoms. The minimum absolute atomic E-state index is 0.0329. The van der Waals surface area contributed by atoms with E-state index in [9.17, 15) is 4.79 Å². The Morgan fingerprint density at radius 1 is 1.41 bits per heavy atom. The van der Waals surface area contributed by atoms with Gasteiger partial charge in [-0.3, -0.25) is 4.79 Å². The summed E-state index contributed by atoms with van der Waals surface area (Å²) < 4.78 is 0. The number of carbonyl (C=O) groups is 1. The van der Waals surface area contributed by atoms with Crippen LogP contribution in [0.2, 0.25) is 0 Å². The van der Waals surface area contributed by atoms with Gasteiger partial charge in [0.15, 0.2) is 0 Å². The molecule has 0 aromatic heterocycles. The number of fused-ring (bicyclic) bond motifs is 1. The molecule has 0 spiro atoms. The zero-order valence-electron chi connectivity index (χ0n) is 10.7. The maximum Gasteiger partial charge on any atom is 0.243 e. The van der Waals surface area contributed by atoms with E-state index in [2.05, 4.69) is 19.9 Å². The van der Waals surface area contributed by atoms with Crippen LogP contribution in [0.25, 0.3) is 0 Å². The zero-order valence-corrected chi connectivity index (χ0v) is 10.7. The van der Waals surface area contributed by atoms with Crippen LogP contribution in [-0.4, -0.2) is 18.5 Å². The summed E-state index contributed by atoms with van der Waals surface area (Å²) in [4.78, 5) is 14.0. The van der Waals surface area contributed by atoms with Crippen molar-refractivity contribution in [2.45, 2.75) is 38.6 Å². The molecule has 0 bridgehead atoms. The molecule has 2 rings (SSSR count). The molecule has 0 saturated carbocycles. The van der Waals surface area contributed by atoms with E-state index in [1.165, 1.54) is 5.56 Å². The van der Waals surface area contributed by atoms with Gasteiger partial charge in [-0.25, -0.2) is 0 Å². The first-order valence-electron chi connectivity index (χ1n) is 6.14. The molecule has 0 aliphatic carbocycles. The molecule has 2 N–H and O–H groups in total. The highest BCUT2D eigenvalue weighted by molar-refractivity contribution is 5.98. The highest BCUT2D eigenvalue weighted by atomic mass is 16.2. The molecule has 1 heterocycles. The third-order valence-corrected chi connectivity index (χ3v) is 3.55. The summed E-state index contributed by atoms with van der Waals surface area (Å²) in [6, 6.07) is 7.70. The van der Waals surface area contributed by atoms with Crippen LogP contribution in [0.4, 0.5) is 5.69 Å². The number of nitrogens with zero attached hydrogens (tertiary/aromatic N) is 1. The second-order valence-corrected chi connectivity index (χ2v) is 5.29. The van der Waals surface area contributed by atoms with Crippen molar-refractivity contribution < 1.29 is 4.79 Å². The average Bonchev–Trinajstić information content (AvgIpc) is 2.35. The van der Waals surface area contributed by atoms with Crippen molar-refractivity contribution in [3.05, 3.63) is 29.8 Å². The van der Waals surface area contributed by atoms with Crippen LogP contribution in [0.1, 0.15) is 32.8 Å². The second-order valence-electron chi connectivity index (χ2n) is 5.29. The van der Waals surface area contributed by atoms with Gasteiger partial charge in [-0.05, 0) is 30.4 Å². The molecule has 0 fully saturated rings. The number of benzene rings is 1. The van der Waals surface area contributed by atoms with Gasteiger partial charge in [0.2, 0.25) is 5.91 Å². The summed E-state index contributed by atoms with van der Waals surface area (Å²) in [5.41, 5.74) is 8.17. The molecule has 1 amide bonds. The van der Waals surface area contributed by atoms with Crippen LogP contribution >= 0.6 is 0 Å². The van der Waals surface area contributed by atoms with Crippen LogP contribution in [-0.2, 0) is 10.2 Å². The average molecular weight is 232 g/mol. The molecule has 3 nitrogen and oxygen atoms in total. The number of hydrogen-bond acceptors (Lipinski definition) is 2. The summed E-state index contributed by atoms with van der Waals surface area (Å²) in [5.74, 6) is 0.0329. The van der Waals surface area contributed by atoms with E-state index in [4.69, 9.17) is 5.73 Å². The summed E-state index contributed by atoms with van der Waals surface area (Å²) in [6.45, 7) is 6.95. The summed E-state index contributed by atoms with van der Waals surface area (Å²) in [5, 5.41) is 0. The van der Waals surface area contributed by atoms with Gasteiger partial charge in [-0.15, -0.1) is 0 Å². The lowest BCUT2D eigenvalue weighted by molar-refractivity contribution is -0.120. The number of nitrogens with two attached hydrogens (primary N) is 1. The molecule has 1 aliphatic rings. The lowest BCUT2D eigenvalue weighted by atomic mass is 9.79. The number of hydrogen-bond donors (Lipinski definition) is 1. The first-order valence-corrected chi connectivity index (χ1v) is 6.14. The van der Waals surface area contributed by atoms with Crippen LogP contribution in [0.5, 0.6) is 0 Å². The first-order chi connectivity index (χ1) is 7.97. The van der Waals surface area contributed by atoms with Gasteiger partial charge >= 0.3 is 0 Å². The Labute approximate surface area is 103 Å². The smallest absolute Gasteiger partial charge is 0.243 e. The Balaban J connectivity index is 2.61. The van der Waals surface area contributed by atoms with E-state index in [1.54, 1.807) is 4.90 Å². The lowest BCUT2D eigenvalue weighted by Gasteiger charge is -2.26. The summed E-state index contributed by atoms with van der Waals surface area (Å²) in [6.07, 6.45) is 0.694. The van der Waals surface area contributed by atoms with E-state index >= 15 is 0 Å². The van der Waals surface area contributed by atoms with Gasteiger partial charge in [0.05, 0.1) is 6.04 Å². The van der Waals surface area contributed by atoms with Crippen molar-refractivity contribution in [1.29, 1.82) is 0 Å². The van der Waals surface area contributed by atoms with Crippen molar-refractivity contribution in [2.75, 3.05) is 11.4 Å². The summed E-state index contributed by atoms with van der Waals surface area (Å²) in [7, 11) is 0. The van der Waals surface area contributed by atoms with E-state index in [1.807, 2.05) is 25.1 Å². The first kappa shape index (κ1) is 12.1. The lowest BCUT2D eigenvalue weighted by Crippen LogP contribution is -2.43. The molecule has 1 atom stereocenters. The van der Waals surface area contributed by atoms with Gasteiger partial charge in [-0.1, -0.05) is 32.0 Å². The molecule has 0 saturated heterocycles. The van der Waals surface area contributed by atoms with Crippen molar-refractivity contribution in [3.63, 3.8) is 0 Å². The molecular weight excluding hydrogens is 212 g/mol. The quantitative estimate of drug-likeness (QED) is 0.805. The fraction of sp³-hybridized carbons (Fsp3) is 0.500. The monoisotopic (exact) mass is 232 g/mol. The van der Waals surface area contributed by atoms with Crippen LogP contribution in [0.15, 0.2) is 24.3 Å². The maximum atomic E-state index is 12.2. The highest BCUT2D eigenvalue weighted by Gasteiger charge is 2.36. The highest BCUT2D eigenvalue weighted by Crippen LogP contribution is 2.38. The fourth-order valence-corrected chi connectivity index (χ4v) is 2.67. The third-order valence-electron chi connectivity index (χ3n) is 3.55. The van der Waals surface area contributed by atoms with Gasteiger partial charge in [0.1, 0.15) is 0 Å². The zero-order chi connectivity index (χ0) is 12.6. The number of anilines is 1. The Kier molecular flexibility index (Phi) is 2.96. The molecule has 1 aromatic carbocycles. The Morgan fingerprint density at radius 2 is 2.06 bits per heavy atom. The topological polar surface area (TPSA) is 46.3 Å². The molecule has 1 aromatic rings. The molecule has 3 heteroatoms. The van der Waals surface area contributed by atoms with E-state index < -0.39 is 6.04 Å². The Morgan fingerprint density at radius 3 is 2.71 bits per heavy atom. The van der Waals surface area contributed by atoms with Gasteiger partial charge in [0, 0.05) is 12.2 Å². The normalized spacial score (nSPS) is 23.2. The van der Waals surface area contributed by atoms with Crippen molar-refractivity contribution in [3.8, 4) is 0 Å². The van der Waals surface area contributed by atoms with Gasteiger partial charge in [0.25, 0.3) is 0 Å². The van der Waals surface area contributed by atoms with Crippen LogP contribution in [0.3, 0.4) is 0 Å². The molecule has 0 radical (unpaired) electrons. The number of amides is 1. The van der Waals surface area contributed by atoms with Crippen molar-refractivity contribution in [2.24, 2.45) is 5.73 Å². The van der Waals surface area contributed by atoms with Crippen LogP contribution < -0.4 is 10.6 Å². The van der Waals surface area contributed by atoms with Crippen molar-refractivity contribution >= 4 is 11.6 Å². The molecule has 1 unspecified atom stereocenters. The van der Waals surface area contributed by atoms with Crippen LogP contribution in [0, 0.1) is 0 Å².